The molecule has 2 aromatic rings. The average Bonchev–Trinajstić information content (AvgIpc) is 3.11. The molecule has 2 aliphatic rings. The fourth-order valence-electron chi connectivity index (χ4n) is 3.68. The van der Waals surface area contributed by atoms with Crippen molar-refractivity contribution in [3.63, 3.8) is 0 Å². The highest BCUT2D eigenvalue weighted by atomic mass is 32.1. The van der Waals surface area contributed by atoms with Gasteiger partial charge in [0, 0.05) is 30.9 Å². The van der Waals surface area contributed by atoms with E-state index in [1.807, 2.05) is 18.4 Å². The lowest BCUT2D eigenvalue weighted by Crippen LogP contribution is -2.38. The third-order valence-electron chi connectivity index (χ3n) is 5.21. The first-order valence-corrected chi connectivity index (χ1v) is 9.98. The van der Waals surface area contributed by atoms with Gasteiger partial charge in [-0.15, -0.1) is 11.3 Å². The summed E-state index contributed by atoms with van der Waals surface area (Å²) in [5.41, 5.74) is 3.06. The summed E-state index contributed by atoms with van der Waals surface area (Å²) in [5, 5.41) is 9.13. The number of rotatable bonds is 3. The number of aromatic nitrogens is 1. The van der Waals surface area contributed by atoms with E-state index in [-0.39, 0.29) is 17.6 Å². The molecule has 5 nitrogen and oxygen atoms in total. The molecule has 1 aromatic heterocycles. The number of anilines is 2. The monoisotopic (exact) mass is 374 g/mol. The summed E-state index contributed by atoms with van der Waals surface area (Å²) in [6.45, 7) is 5.07. The number of fused-ring (bicyclic) bond motifs is 1. The number of benzene rings is 1. The Morgan fingerprint density at radius 3 is 2.92 bits per heavy atom. The number of carbonyl (C=O) groups excluding carboxylic acids is 1. The minimum absolute atomic E-state index is 0.0762. The zero-order chi connectivity index (χ0) is 18.1. The molecule has 4 rings (SSSR count). The Bertz CT molecular complexity index is 814. The molecule has 138 valence electrons. The van der Waals surface area contributed by atoms with Crippen LogP contribution < -0.4 is 15.5 Å². The SMILES string of the molecule is Cc1csc(N2CCC(C(=O)Nc3ccc4c(c3F)CCNC4)CC2)n1. The van der Waals surface area contributed by atoms with Gasteiger partial charge in [0.2, 0.25) is 5.91 Å². The van der Waals surface area contributed by atoms with Gasteiger partial charge in [-0.05, 0) is 49.9 Å². The highest BCUT2D eigenvalue weighted by Crippen LogP contribution is 2.28. The number of thiazole rings is 1. The molecule has 0 spiro atoms. The summed E-state index contributed by atoms with van der Waals surface area (Å²) in [6, 6.07) is 3.60. The van der Waals surface area contributed by atoms with Crippen molar-refractivity contribution < 1.29 is 9.18 Å². The first kappa shape index (κ1) is 17.4. The van der Waals surface area contributed by atoms with E-state index in [4.69, 9.17) is 0 Å². The predicted octanol–water partition coefficient (Wildman–Crippen LogP) is 3.09. The maximum atomic E-state index is 14.7. The van der Waals surface area contributed by atoms with Crippen LogP contribution >= 0.6 is 11.3 Å². The quantitative estimate of drug-likeness (QED) is 0.867. The molecule has 0 aliphatic carbocycles. The lowest BCUT2D eigenvalue weighted by molar-refractivity contribution is -0.120. The largest absolute Gasteiger partial charge is 0.348 e. The van der Waals surface area contributed by atoms with Crippen molar-refractivity contribution in [1.29, 1.82) is 0 Å². The molecule has 1 fully saturated rings. The zero-order valence-corrected chi connectivity index (χ0v) is 15.7. The number of nitrogens with zero attached hydrogens (tertiary/aromatic N) is 2. The van der Waals surface area contributed by atoms with E-state index in [1.165, 1.54) is 0 Å². The van der Waals surface area contributed by atoms with Crippen LogP contribution in [0.2, 0.25) is 0 Å². The Kier molecular flexibility index (Phi) is 4.91. The Labute approximate surface area is 156 Å². The summed E-state index contributed by atoms with van der Waals surface area (Å²) in [7, 11) is 0. The van der Waals surface area contributed by atoms with E-state index in [1.54, 1.807) is 17.4 Å². The van der Waals surface area contributed by atoms with Crippen LogP contribution in [0, 0.1) is 18.7 Å². The van der Waals surface area contributed by atoms with Crippen molar-refractivity contribution in [2.45, 2.75) is 32.7 Å². The fourth-order valence-corrected chi connectivity index (χ4v) is 4.54. The highest BCUT2D eigenvalue weighted by molar-refractivity contribution is 7.13. The standard InChI is InChI=1S/C19H23FN4OS/c1-12-11-26-19(22-12)24-8-5-13(6-9-24)18(25)23-16-3-2-14-10-21-7-4-15(14)17(16)20/h2-3,11,13,21H,4-10H2,1H3,(H,23,25). The number of amides is 1. The number of aryl methyl sites for hydroxylation is 1. The normalized spacial score (nSPS) is 17.8. The molecule has 2 N–H and O–H groups in total. The maximum absolute atomic E-state index is 14.7. The smallest absolute Gasteiger partial charge is 0.227 e. The second kappa shape index (κ2) is 7.32. The second-order valence-electron chi connectivity index (χ2n) is 7.01. The molecule has 0 atom stereocenters. The average molecular weight is 374 g/mol. The van der Waals surface area contributed by atoms with Crippen LogP contribution in [0.25, 0.3) is 0 Å². The van der Waals surface area contributed by atoms with Crippen molar-refractivity contribution in [2.24, 2.45) is 5.92 Å². The molecule has 2 aliphatic heterocycles. The summed E-state index contributed by atoms with van der Waals surface area (Å²) >= 11 is 1.64. The van der Waals surface area contributed by atoms with E-state index >= 15 is 0 Å². The number of halogens is 1. The van der Waals surface area contributed by atoms with E-state index in [0.717, 1.165) is 54.4 Å². The van der Waals surface area contributed by atoms with Crippen molar-refractivity contribution in [1.82, 2.24) is 10.3 Å². The number of carbonyl (C=O) groups is 1. The van der Waals surface area contributed by atoms with Crippen molar-refractivity contribution >= 4 is 28.1 Å². The molecule has 0 bridgehead atoms. The fraction of sp³-hybridized carbons (Fsp3) is 0.474. The van der Waals surface area contributed by atoms with Crippen LogP contribution in [-0.4, -0.2) is 30.5 Å². The molecular formula is C19H23FN4OS. The Morgan fingerprint density at radius 2 is 2.19 bits per heavy atom. The van der Waals surface area contributed by atoms with Gasteiger partial charge in [-0.2, -0.15) is 0 Å². The van der Waals surface area contributed by atoms with E-state index in [0.29, 0.717) is 18.7 Å². The predicted molar refractivity (Wildman–Crippen MR) is 102 cm³/mol. The van der Waals surface area contributed by atoms with E-state index in [2.05, 4.69) is 20.5 Å². The van der Waals surface area contributed by atoms with Crippen molar-refractivity contribution in [3.8, 4) is 0 Å². The maximum Gasteiger partial charge on any atom is 0.227 e. The van der Waals surface area contributed by atoms with Crippen LogP contribution in [0.4, 0.5) is 15.2 Å². The van der Waals surface area contributed by atoms with Crippen LogP contribution in [0.1, 0.15) is 29.7 Å². The minimum atomic E-state index is -0.270. The minimum Gasteiger partial charge on any atom is -0.348 e. The van der Waals surface area contributed by atoms with Gasteiger partial charge in [0.05, 0.1) is 11.4 Å². The lowest BCUT2D eigenvalue weighted by atomic mass is 9.95. The van der Waals surface area contributed by atoms with E-state index in [9.17, 15) is 9.18 Å². The summed E-state index contributed by atoms with van der Waals surface area (Å²) in [5.74, 6) is -0.426. The molecule has 1 saturated heterocycles. The summed E-state index contributed by atoms with van der Waals surface area (Å²) < 4.78 is 14.7. The lowest BCUT2D eigenvalue weighted by Gasteiger charge is -2.31. The molecule has 0 unspecified atom stereocenters. The molecule has 26 heavy (non-hydrogen) atoms. The van der Waals surface area contributed by atoms with Crippen LogP contribution in [-0.2, 0) is 17.8 Å². The Balaban J connectivity index is 1.39. The Hall–Kier alpha value is -1.99. The number of nitrogens with one attached hydrogen (secondary N) is 2. The van der Waals surface area contributed by atoms with Gasteiger partial charge in [-0.3, -0.25) is 4.79 Å². The third kappa shape index (κ3) is 3.46. The van der Waals surface area contributed by atoms with Gasteiger partial charge < -0.3 is 15.5 Å². The number of hydrogen-bond donors (Lipinski definition) is 2. The summed E-state index contributed by atoms with van der Waals surface area (Å²) in [4.78, 5) is 19.4. The molecule has 0 radical (unpaired) electrons. The second-order valence-corrected chi connectivity index (χ2v) is 7.85. The molecule has 7 heteroatoms. The van der Waals surface area contributed by atoms with Crippen molar-refractivity contribution in [3.05, 3.63) is 40.2 Å². The number of piperidine rings is 1. The summed E-state index contributed by atoms with van der Waals surface area (Å²) in [6.07, 6.45) is 2.19. The van der Waals surface area contributed by atoms with Gasteiger partial charge in [0.1, 0.15) is 5.82 Å². The molecule has 1 aromatic carbocycles. The van der Waals surface area contributed by atoms with Crippen LogP contribution in [0.5, 0.6) is 0 Å². The van der Waals surface area contributed by atoms with Gasteiger partial charge in [-0.25, -0.2) is 9.37 Å². The van der Waals surface area contributed by atoms with Crippen molar-refractivity contribution in [2.75, 3.05) is 29.9 Å². The van der Waals surface area contributed by atoms with Gasteiger partial charge in [0.25, 0.3) is 0 Å². The number of hydrogen-bond acceptors (Lipinski definition) is 5. The van der Waals surface area contributed by atoms with Gasteiger partial charge >= 0.3 is 0 Å². The molecule has 0 saturated carbocycles. The molecular weight excluding hydrogens is 351 g/mol. The van der Waals surface area contributed by atoms with Gasteiger partial charge in [0.15, 0.2) is 5.13 Å². The van der Waals surface area contributed by atoms with E-state index < -0.39 is 0 Å². The first-order chi connectivity index (χ1) is 12.6. The van der Waals surface area contributed by atoms with Crippen LogP contribution in [0.15, 0.2) is 17.5 Å². The van der Waals surface area contributed by atoms with Gasteiger partial charge in [-0.1, -0.05) is 6.07 Å². The Morgan fingerprint density at radius 1 is 1.38 bits per heavy atom. The molecule has 1 amide bonds. The van der Waals surface area contributed by atoms with Crippen LogP contribution in [0.3, 0.4) is 0 Å². The highest BCUT2D eigenvalue weighted by Gasteiger charge is 2.27. The zero-order valence-electron chi connectivity index (χ0n) is 14.8. The third-order valence-corrected chi connectivity index (χ3v) is 6.23. The molecule has 3 heterocycles. The first-order valence-electron chi connectivity index (χ1n) is 9.10. The topological polar surface area (TPSA) is 57.3 Å².